The number of ether oxygens (including phenoxy) is 2. The van der Waals surface area contributed by atoms with E-state index in [2.05, 4.69) is 13.0 Å². The molecule has 1 atom stereocenters. The number of amides is 1. The molecule has 0 aliphatic carbocycles. The number of carbonyl (C=O) groups is 1. The van der Waals surface area contributed by atoms with E-state index in [0.29, 0.717) is 33.2 Å². The maximum atomic E-state index is 13.9. The van der Waals surface area contributed by atoms with Crippen LogP contribution in [0.4, 0.5) is 5.13 Å². The third-order valence-electron chi connectivity index (χ3n) is 6.56. The molecule has 1 aliphatic heterocycles. The predicted octanol–water partition coefficient (Wildman–Crippen LogP) is 5.73. The lowest BCUT2D eigenvalue weighted by molar-refractivity contribution is 0.0971. The second-order valence-electron chi connectivity index (χ2n) is 8.48. The van der Waals surface area contributed by atoms with Gasteiger partial charge >= 0.3 is 0 Å². The minimum atomic E-state index is -0.801. The number of nitrogens with zero attached hydrogens (tertiary/aromatic N) is 2. The summed E-state index contributed by atoms with van der Waals surface area (Å²) in [6, 6.07) is 17.6. The Labute approximate surface area is 210 Å². The number of hydrogen-bond acceptors (Lipinski definition) is 7. The predicted molar refractivity (Wildman–Crippen MR) is 140 cm³/mol. The van der Waals surface area contributed by atoms with Crippen LogP contribution >= 0.6 is 11.3 Å². The van der Waals surface area contributed by atoms with Crippen molar-refractivity contribution in [3.05, 3.63) is 93.3 Å². The zero-order chi connectivity index (χ0) is 25.0. The van der Waals surface area contributed by atoms with E-state index in [1.807, 2.05) is 24.3 Å². The molecule has 0 N–H and O–H groups in total. The number of hydrogen-bond donors (Lipinski definition) is 0. The van der Waals surface area contributed by atoms with Crippen molar-refractivity contribution in [3.8, 4) is 11.5 Å². The van der Waals surface area contributed by atoms with Gasteiger partial charge in [0.25, 0.3) is 5.91 Å². The molecule has 1 aliphatic rings. The van der Waals surface area contributed by atoms with Crippen molar-refractivity contribution in [1.82, 2.24) is 4.98 Å². The first-order valence-corrected chi connectivity index (χ1v) is 12.4. The van der Waals surface area contributed by atoms with Crippen molar-refractivity contribution in [2.75, 3.05) is 19.1 Å². The molecule has 0 unspecified atom stereocenters. The Bertz CT molecular complexity index is 1720. The first-order chi connectivity index (χ1) is 17.5. The van der Waals surface area contributed by atoms with Crippen molar-refractivity contribution >= 4 is 43.6 Å². The second-order valence-corrected chi connectivity index (χ2v) is 9.49. The fraction of sp³-hybridized carbons (Fsp3) is 0.179. The Morgan fingerprint density at radius 2 is 1.86 bits per heavy atom. The van der Waals surface area contributed by atoms with E-state index in [1.54, 1.807) is 42.3 Å². The number of thiazole rings is 1. The molecule has 2 aromatic heterocycles. The van der Waals surface area contributed by atoms with Crippen LogP contribution in [0.3, 0.4) is 0 Å². The lowest BCUT2D eigenvalue weighted by Crippen LogP contribution is -2.29. The normalized spacial score (nSPS) is 15.0. The summed E-state index contributed by atoms with van der Waals surface area (Å²) in [7, 11) is 3.09. The molecule has 0 bridgehead atoms. The average molecular weight is 499 g/mol. The monoisotopic (exact) mass is 498 g/mol. The van der Waals surface area contributed by atoms with Crippen LogP contribution in [0.1, 0.15) is 40.2 Å². The summed E-state index contributed by atoms with van der Waals surface area (Å²) in [4.78, 5) is 34.1. The number of benzene rings is 3. The van der Waals surface area contributed by atoms with E-state index in [9.17, 15) is 9.59 Å². The van der Waals surface area contributed by atoms with Crippen LogP contribution in [0.5, 0.6) is 11.5 Å². The van der Waals surface area contributed by atoms with E-state index < -0.39 is 11.9 Å². The Morgan fingerprint density at radius 1 is 1.03 bits per heavy atom. The zero-order valence-electron chi connectivity index (χ0n) is 19.9. The number of rotatable bonds is 5. The Morgan fingerprint density at radius 3 is 2.64 bits per heavy atom. The van der Waals surface area contributed by atoms with Crippen molar-refractivity contribution in [2.24, 2.45) is 0 Å². The number of fused-ring (bicyclic) bond motifs is 3. The molecule has 3 heterocycles. The first-order valence-electron chi connectivity index (χ1n) is 11.5. The van der Waals surface area contributed by atoms with Gasteiger partial charge in [0.1, 0.15) is 11.6 Å². The van der Waals surface area contributed by atoms with Crippen LogP contribution in [-0.2, 0) is 6.42 Å². The summed E-state index contributed by atoms with van der Waals surface area (Å²) in [5.41, 5.74) is 2.95. The zero-order valence-corrected chi connectivity index (χ0v) is 20.7. The molecule has 6 rings (SSSR count). The van der Waals surface area contributed by atoms with E-state index in [0.717, 1.165) is 16.6 Å². The molecular formula is C28H22N2O5S. The van der Waals surface area contributed by atoms with Crippen LogP contribution in [0.15, 0.2) is 69.9 Å². The molecule has 0 fully saturated rings. The third kappa shape index (κ3) is 3.21. The topological polar surface area (TPSA) is 81.9 Å². The maximum absolute atomic E-state index is 13.9. The molecule has 36 heavy (non-hydrogen) atoms. The highest BCUT2D eigenvalue weighted by molar-refractivity contribution is 7.22. The molecule has 0 saturated heterocycles. The minimum Gasteiger partial charge on any atom is -0.493 e. The van der Waals surface area contributed by atoms with Gasteiger partial charge in [-0.05, 0) is 42.3 Å². The number of methoxy groups -OCH3 is 2. The van der Waals surface area contributed by atoms with Crippen molar-refractivity contribution in [1.29, 1.82) is 0 Å². The molecule has 7 nitrogen and oxygen atoms in total. The molecule has 0 saturated carbocycles. The Hall–Kier alpha value is -4.17. The summed E-state index contributed by atoms with van der Waals surface area (Å²) in [6.45, 7) is 2.09. The molecule has 5 aromatic rings. The van der Waals surface area contributed by atoms with Crippen LogP contribution in [0, 0.1) is 0 Å². The number of aryl methyl sites for hydroxylation is 1. The van der Waals surface area contributed by atoms with Gasteiger partial charge in [-0.3, -0.25) is 14.5 Å². The number of anilines is 1. The Kier molecular flexibility index (Phi) is 5.26. The van der Waals surface area contributed by atoms with Crippen LogP contribution in [0.25, 0.3) is 21.2 Å². The standard InChI is InChI=1S/C28H22N2O5S/c1-4-15-12-13-18-21(14-15)36-28(29-18)30-23(17-9-7-11-20(33-2)25(17)34-3)22-24(31)16-8-5-6-10-19(16)35-26(22)27(30)32/h5-14,23H,4H2,1-3H3/t23-/m0/s1. The van der Waals surface area contributed by atoms with E-state index >= 15 is 0 Å². The highest BCUT2D eigenvalue weighted by Gasteiger charge is 2.46. The summed E-state index contributed by atoms with van der Waals surface area (Å²) >= 11 is 1.41. The van der Waals surface area contributed by atoms with Gasteiger partial charge in [-0.1, -0.05) is 48.6 Å². The molecular weight excluding hydrogens is 476 g/mol. The SMILES string of the molecule is CCc1ccc2nc(N3C(=O)c4oc5ccccc5c(=O)c4[C@@H]3c3cccc(OC)c3OC)sc2c1. The lowest BCUT2D eigenvalue weighted by Gasteiger charge is -2.24. The van der Waals surface area contributed by atoms with Crippen molar-refractivity contribution in [2.45, 2.75) is 19.4 Å². The molecule has 0 radical (unpaired) electrons. The van der Waals surface area contributed by atoms with Gasteiger partial charge in [-0.2, -0.15) is 0 Å². The van der Waals surface area contributed by atoms with Crippen LogP contribution < -0.4 is 19.8 Å². The minimum absolute atomic E-state index is 0.0158. The summed E-state index contributed by atoms with van der Waals surface area (Å²) in [5, 5.41) is 0.891. The highest BCUT2D eigenvalue weighted by Crippen LogP contribution is 2.47. The molecule has 8 heteroatoms. The Balaban J connectivity index is 1.65. The van der Waals surface area contributed by atoms with Gasteiger partial charge in [-0.15, -0.1) is 0 Å². The van der Waals surface area contributed by atoms with Crippen molar-refractivity contribution in [3.63, 3.8) is 0 Å². The largest absolute Gasteiger partial charge is 0.493 e. The average Bonchev–Trinajstić information content (AvgIpc) is 3.46. The fourth-order valence-electron chi connectivity index (χ4n) is 4.82. The van der Waals surface area contributed by atoms with E-state index in [4.69, 9.17) is 18.9 Å². The summed E-state index contributed by atoms with van der Waals surface area (Å²) in [5.74, 6) is 0.537. The van der Waals surface area contributed by atoms with Gasteiger partial charge in [0.15, 0.2) is 22.1 Å². The summed E-state index contributed by atoms with van der Waals surface area (Å²) in [6.07, 6.45) is 0.895. The molecule has 3 aromatic carbocycles. The van der Waals surface area contributed by atoms with E-state index in [1.165, 1.54) is 24.0 Å². The smallest absolute Gasteiger partial charge is 0.297 e. The summed E-state index contributed by atoms with van der Waals surface area (Å²) < 4.78 is 18.3. The fourth-order valence-corrected chi connectivity index (χ4v) is 5.87. The molecule has 180 valence electrons. The van der Waals surface area contributed by atoms with Gasteiger partial charge < -0.3 is 13.9 Å². The van der Waals surface area contributed by atoms with Crippen LogP contribution in [0.2, 0.25) is 0 Å². The number of aromatic nitrogens is 1. The second kappa shape index (κ2) is 8.49. The van der Waals surface area contributed by atoms with Gasteiger partial charge in [0.05, 0.1) is 35.4 Å². The van der Waals surface area contributed by atoms with E-state index in [-0.39, 0.29) is 16.8 Å². The highest BCUT2D eigenvalue weighted by atomic mass is 32.1. The van der Waals surface area contributed by atoms with Gasteiger partial charge in [0, 0.05) is 5.56 Å². The maximum Gasteiger partial charge on any atom is 0.297 e. The quantitative estimate of drug-likeness (QED) is 0.308. The van der Waals surface area contributed by atoms with Gasteiger partial charge in [-0.25, -0.2) is 4.98 Å². The molecule has 1 amide bonds. The third-order valence-corrected chi connectivity index (χ3v) is 7.58. The number of para-hydroxylation sites is 2. The first kappa shape index (κ1) is 22.3. The lowest BCUT2D eigenvalue weighted by atomic mass is 9.97. The number of carbonyl (C=O) groups excluding carboxylic acids is 1. The van der Waals surface area contributed by atoms with Crippen LogP contribution in [-0.4, -0.2) is 25.1 Å². The van der Waals surface area contributed by atoms with Crippen molar-refractivity contribution < 1.29 is 18.7 Å². The molecule has 0 spiro atoms. The van der Waals surface area contributed by atoms with Gasteiger partial charge in [0.2, 0.25) is 5.76 Å².